The minimum atomic E-state index is -0.708. The lowest BCUT2D eigenvalue weighted by atomic mass is 9.46. The predicted molar refractivity (Wildman–Crippen MR) is 192 cm³/mol. The molecule has 1 unspecified atom stereocenters. The second-order valence-corrected chi connectivity index (χ2v) is 19.1. The minimum absolute atomic E-state index is 0. The summed E-state index contributed by atoms with van der Waals surface area (Å²) in [4.78, 5) is 24.3. The first-order valence-corrected chi connectivity index (χ1v) is 19.6. The van der Waals surface area contributed by atoms with Crippen LogP contribution < -0.4 is 0 Å². The largest absolute Gasteiger partial charge is 0.393 e. The van der Waals surface area contributed by atoms with Crippen LogP contribution in [0.4, 0.5) is 4.39 Å². The van der Waals surface area contributed by atoms with Gasteiger partial charge in [0.15, 0.2) is 0 Å². The van der Waals surface area contributed by atoms with Crippen LogP contribution in [-0.4, -0.2) is 51.4 Å². The van der Waals surface area contributed by atoms with Gasteiger partial charge in [-0.15, -0.1) is 0 Å². The summed E-state index contributed by atoms with van der Waals surface area (Å²) in [7, 11) is 0. The van der Waals surface area contributed by atoms with Crippen LogP contribution in [0.1, 0.15) is 139 Å². The van der Waals surface area contributed by atoms with Crippen LogP contribution in [-0.2, 0) is 9.59 Å². The van der Waals surface area contributed by atoms with E-state index in [1.54, 1.807) is 13.8 Å². The molecule has 0 aliphatic heterocycles. The molecular weight excluding hydrogens is 615 g/mol. The molecule has 8 rings (SSSR count). The molecule has 0 saturated heterocycles. The third-order valence-electron chi connectivity index (χ3n) is 17.0. The standard InChI is InChI=1S/C21H31FO2.C21H32O3.CH4/c1-12(23)16-6-7-17-15-5-4-13-10-14(22)8-9-20(13,2)19(15)18(24)11-21(16,17)3;1-12(22)16-6-7-17-15-5-4-13-10-14(23)8-9-20(13,2)19(15)18(24)11-21(16,17)3;/h4,14-19,24H,5-11H2,1-3H3;4,14-19,23-24H,5-11H2,1-3H3;1H4/t14-,15+,16-,17+,18+,19-,20+,21-;14-,15-,16+,17?,18-,19+,20-,21+;/m10./s1. The molecule has 0 amide bonds. The second kappa shape index (κ2) is 12.9. The summed E-state index contributed by atoms with van der Waals surface area (Å²) in [5, 5.41) is 32.4. The molecule has 0 spiro atoms. The summed E-state index contributed by atoms with van der Waals surface area (Å²) >= 11 is 0. The number of rotatable bonds is 2. The van der Waals surface area contributed by atoms with Gasteiger partial charge in [-0.3, -0.25) is 9.59 Å². The van der Waals surface area contributed by atoms with Gasteiger partial charge in [0, 0.05) is 18.3 Å². The van der Waals surface area contributed by atoms with Gasteiger partial charge in [0.05, 0.1) is 18.3 Å². The predicted octanol–water partition coefficient (Wildman–Crippen LogP) is 8.59. The van der Waals surface area contributed by atoms with Crippen molar-refractivity contribution in [2.75, 3.05) is 0 Å². The van der Waals surface area contributed by atoms with Crippen LogP contribution in [0.5, 0.6) is 0 Å². The molecule has 16 atom stereocenters. The second-order valence-electron chi connectivity index (χ2n) is 19.1. The number of halogens is 1. The Kier molecular flexibility index (Phi) is 9.87. The van der Waals surface area contributed by atoms with Crippen LogP contribution in [0.25, 0.3) is 0 Å². The number of hydrogen-bond donors (Lipinski definition) is 3. The van der Waals surface area contributed by atoms with Crippen molar-refractivity contribution in [1.29, 1.82) is 0 Å². The molecule has 8 aliphatic rings. The van der Waals surface area contributed by atoms with E-state index in [2.05, 4.69) is 39.8 Å². The van der Waals surface area contributed by atoms with E-state index < -0.39 is 6.17 Å². The van der Waals surface area contributed by atoms with Crippen molar-refractivity contribution in [2.24, 2.45) is 69.0 Å². The lowest BCUT2D eigenvalue weighted by Crippen LogP contribution is -2.56. The monoisotopic (exact) mass is 682 g/mol. The highest BCUT2D eigenvalue weighted by molar-refractivity contribution is 5.80. The highest BCUT2D eigenvalue weighted by atomic mass is 19.1. The molecule has 6 saturated carbocycles. The maximum absolute atomic E-state index is 13.9. The number of fused-ring (bicyclic) bond motifs is 10. The van der Waals surface area contributed by atoms with E-state index in [9.17, 15) is 29.3 Å². The number of allylic oxidation sites excluding steroid dienone is 3. The summed E-state index contributed by atoms with van der Waals surface area (Å²) in [5.74, 6) is 3.41. The first-order chi connectivity index (χ1) is 22.5. The molecule has 8 aliphatic carbocycles. The van der Waals surface area contributed by atoms with Crippen molar-refractivity contribution in [3.05, 3.63) is 23.3 Å². The quantitative estimate of drug-likeness (QED) is 0.254. The van der Waals surface area contributed by atoms with Gasteiger partial charge in [-0.1, -0.05) is 58.4 Å². The third kappa shape index (κ3) is 5.61. The molecule has 276 valence electrons. The molecule has 6 heteroatoms. The van der Waals surface area contributed by atoms with Gasteiger partial charge in [0.25, 0.3) is 0 Å². The van der Waals surface area contributed by atoms with Crippen LogP contribution in [0.2, 0.25) is 0 Å². The van der Waals surface area contributed by atoms with E-state index in [1.165, 1.54) is 11.1 Å². The molecule has 0 aromatic heterocycles. The van der Waals surface area contributed by atoms with E-state index >= 15 is 0 Å². The van der Waals surface area contributed by atoms with Gasteiger partial charge < -0.3 is 15.3 Å². The van der Waals surface area contributed by atoms with Gasteiger partial charge in [0.2, 0.25) is 0 Å². The molecule has 3 N–H and O–H groups in total. The maximum atomic E-state index is 13.9. The highest BCUT2D eigenvalue weighted by Gasteiger charge is 2.64. The Morgan fingerprint density at radius 2 is 1.10 bits per heavy atom. The summed E-state index contributed by atoms with van der Waals surface area (Å²) in [6.07, 6.45) is 15.5. The van der Waals surface area contributed by atoms with Gasteiger partial charge in [-0.2, -0.15) is 0 Å². The SMILES string of the molecule is C.CC(=O)[C@H]1CCC2[C@@H]3CC=C4C[C@@H](O)CC[C@]4(C)[C@H]3[C@@H](O)C[C@@]21C.CC(=O)[C@H]1CC[C@H]2[C@@H]3CC=C4C[C@H](F)CC[C@]4(C)[C@H]3[C@@H](O)C[C@]12C. The fraction of sp³-hybridized carbons (Fsp3) is 0.860. The Labute approximate surface area is 296 Å². The van der Waals surface area contributed by atoms with Crippen molar-refractivity contribution in [1.82, 2.24) is 0 Å². The van der Waals surface area contributed by atoms with Crippen molar-refractivity contribution >= 4 is 11.6 Å². The summed E-state index contributed by atoms with van der Waals surface area (Å²) in [6, 6.07) is 0. The fourth-order valence-corrected chi connectivity index (χ4v) is 14.9. The van der Waals surface area contributed by atoms with E-state index in [0.717, 1.165) is 77.0 Å². The molecule has 49 heavy (non-hydrogen) atoms. The maximum Gasteiger partial charge on any atom is 0.133 e. The molecule has 0 aromatic rings. The van der Waals surface area contributed by atoms with Crippen LogP contribution >= 0.6 is 0 Å². The lowest BCUT2D eigenvalue weighted by Gasteiger charge is -2.59. The average molecular weight is 683 g/mol. The summed E-state index contributed by atoms with van der Waals surface area (Å²) in [5.41, 5.74) is 2.56. The molecule has 0 bridgehead atoms. The number of aliphatic hydroxyl groups is 3. The van der Waals surface area contributed by atoms with Crippen molar-refractivity contribution < 1.29 is 29.3 Å². The Balaban J connectivity index is 0.000000167. The van der Waals surface area contributed by atoms with Gasteiger partial charge >= 0.3 is 0 Å². The molecular formula is C43H67FO5. The van der Waals surface area contributed by atoms with E-state index in [0.29, 0.717) is 54.0 Å². The van der Waals surface area contributed by atoms with Gasteiger partial charge in [-0.05, 0) is 154 Å². The smallest absolute Gasteiger partial charge is 0.133 e. The number of ketones is 2. The number of alkyl halides is 1. The average Bonchev–Trinajstić information content (AvgIpc) is 3.54. The zero-order chi connectivity index (χ0) is 34.6. The van der Waals surface area contributed by atoms with Crippen LogP contribution in [0.15, 0.2) is 23.3 Å². The highest BCUT2D eigenvalue weighted by Crippen LogP contribution is 2.68. The molecule has 0 aromatic carbocycles. The zero-order valence-corrected chi connectivity index (χ0v) is 30.5. The van der Waals surface area contributed by atoms with Crippen molar-refractivity contribution in [3.63, 3.8) is 0 Å². The molecule has 0 heterocycles. The summed E-state index contributed by atoms with van der Waals surface area (Å²) in [6.45, 7) is 12.6. The Morgan fingerprint density at radius 1 is 0.673 bits per heavy atom. The Morgan fingerprint density at radius 3 is 1.55 bits per heavy atom. The number of hydrogen-bond acceptors (Lipinski definition) is 5. The zero-order valence-electron chi connectivity index (χ0n) is 30.5. The van der Waals surface area contributed by atoms with E-state index in [-0.39, 0.29) is 65.2 Å². The lowest BCUT2D eigenvalue weighted by molar-refractivity contribution is -0.141. The summed E-state index contributed by atoms with van der Waals surface area (Å²) < 4.78 is 13.9. The first kappa shape index (κ1) is 37.4. The molecule has 0 radical (unpaired) electrons. The molecule has 6 fully saturated rings. The number of carbonyl (C=O) groups excluding carboxylic acids is 2. The normalized spacial score (nSPS) is 52.5. The number of Topliss-reactive ketones (excluding diaryl/α,β-unsaturated/α-hetero) is 2. The van der Waals surface area contributed by atoms with Crippen molar-refractivity contribution in [3.8, 4) is 0 Å². The molecule has 5 nitrogen and oxygen atoms in total. The third-order valence-corrected chi connectivity index (χ3v) is 17.0. The van der Waals surface area contributed by atoms with E-state index in [4.69, 9.17) is 0 Å². The Hall–Kier alpha value is -1.37. The van der Waals surface area contributed by atoms with Gasteiger partial charge in [0.1, 0.15) is 17.7 Å². The van der Waals surface area contributed by atoms with Crippen LogP contribution in [0.3, 0.4) is 0 Å². The minimum Gasteiger partial charge on any atom is -0.393 e. The number of carbonyl (C=O) groups is 2. The fourth-order valence-electron chi connectivity index (χ4n) is 14.9. The van der Waals surface area contributed by atoms with Crippen LogP contribution in [0, 0.1) is 69.0 Å². The van der Waals surface area contributed by atoms with E-state index in [1.807, 2.05) is 0 Å². The first-order valence-electron chi connectivity index (χ1n) is 19.6. The van der Waals surface area contributed by atoms with Gasteiger partial charge in [-0.25, -0.2) is 4.39 Å². The Bertz CT molecular complexity index is 1270. The number of aliphatic hydroxyl groups excluding tert-OH is 3. The topological polar surface area (TPSA) is 94.8 Å². The van der Waals surface area contributed by atoms with Crippen molar-refractivity contribution in [2.45, 2.75) is 163 Å².